The first-order chi connectivity index (χ1) is 12.9. The van der Waals surface area contributed by atoms with Crippen molar-refractivity contribution in [3.63, 3.8) is 0 Å². The van der Waals surface area contributed by atoms with E-state index in [4.69, 9.17) is 9.47 Å². The van der Waals surface area contributed by atoms with E-state index in [2.05, 4.69) is 80.7 Å². The molecule has 1 aliphatic heterocycles. The van der Waals surface area contributed by atoms with Crippen molar-refractivity contribution in [1.82, 2.24) is 5.32 Å². The Morgan fingerprint density at radius 3 is 2.41 bits per heavy atom. The van der Waals surface area contributed by atoms with E-state index >= 15 is 0 Å². The van der Waals surface area contributed by atoms with Gasteiger partial charge in [-0.3, -0.25) is 0 Å². The molecular weight excluding hydrogens is 334 g/mol. The molecule has 3 nitrogen and oxygen atoms in total. The maximum absolute atomic E-state index is 6.04. The van der Waals surface area contributed by atoms with Gasteiger partial charge in [-0.15, -0.1) is 0 Å². The van der Waals surface area contributed by atoms with Crippen LogP contribution in [0, 0.1) is 0 Å². The monoisotopic (exact) mass is 367 g/mol. The Labute approximate surface area is 164 Å². The van der Waals surface area contributed by atoms with Crippen LogP contribution < -0.4 is 10.1 Å². The first-order valence-corrected chi connectivity index (χ1v) is 10.0. The molecule has 2 aromatic carbocycles. The fraction of sp³-hybridized carbons (Fsp3) is 0.500. The predicted molar refractivity (Wildman–Crippen MR) is 111 cm³/mol. The highest BCUT2D eigenvalue weighted by atomic mass is 16.5. The third kappa shape index (κ3) is 4.91. The molecule has 0 saturated carbocycles. The lowest BCUT2D eigenvalue weighted by atomic mass is 9.67. The van der Waals surface area contributed by atoms with E-state index in [1.165, 1.54) is 11.1 Å². The molecule has 1 N–H and O–H groups in total. The number of hydrogen-bond acceptors (Lipinski definition) is 3. The van der Waals surface area contributed by atoms with Crippen LogP contribution in [0.3, 0.4) is 0 Å². The normalized spacial score (nSPS) is 23.0. The van der Waals surface area contributed by atoms with Crippen molar-refractivity contribution in [2.75, 3.05) is 20.3 Å². The number of nitrogens with one attached hydrogen (secondary N) is 1. The second-order valence-electron chi connectivity index (χ2n) is 8.38. The smallest absolute Gasteiger partial charge is 0.118 e. The number of ether oxygens (including phenoxy) is 2. The Kier molecular flexibility index (Phi) is 6.23. The number of benzene rings is 2. The van der Waals surface area contributed by atoms with Gasteiger partial charge in [0.1, 0.15) is 5.75 Å². The molecule has 0 amide bonds. The zero-order valence-corrected chi connectivity index (χ0v) is 17.1. The van der Waals surface area contributed by atoms with Crippen molar-refractivity contribution >= 4 is 0 Å². The molecule has 0 spiro atoms. The summed E-state index contributed by atoms with van der Waals surface area (Å²) in [5.74, 6) is 0.913. The van der Waals surface area contributed by atoms with Gasteiger partial charge in [0.25, 0.3) is 0 Å². The summed E-state index contributed by atoms with van der Waals surface area (Å²) in [5.41, 5.74) is 2.78. The highest BCUT2D eigenvalue weighted by molar-refractivity contribution is 5.33. The molecule has 0 aliphatic carbocycles. The fourth-order valence-electron chi connectivity index (χ4n) is 4.41. The quantitative estimate of drug-likeness (QED) is 0.724. The van der Waals surface area contributed by atoms with Gasteiger partial charge in [-0.1, -0.05) is 42.5 Å². The summed E-state index contributed by atoms with van der Waals surface area (Å²) in [4.78, 5) is 0. The SMILES string of the molecule is COc1ccc(C2(CCN[C@@H](C)c3ccccc3)CCOC(C)(C)C2)cc1. The van der Waals surface area contributed by atoms with Gasteiger partial charge < -0.3 is 14.8 Å². The average Bonchev–Trinajstić information content (AvgIpc) is 2.68. The van der Waals surface area contributed by atoms with Crippen LogP contribution in [-0.4, -0.2) is 25.9 Å². The maximum atomic E-state index is 6.04. The summed E-state index contributed by atoms with van der Waals surface area (Å²) < 4.78 is 11.4. The molecule has 1 heterocycles. The van der Waals surface area contributed by atoms with Crippen LogP contribution in [0.2, 0.25) is 0 Å². The highest BCUT2D eigenvalue weighted by Crippen LogP contribution is 2.44. The standard InChI is InChI=1S/C24H33NO2/c1-19(20-8-6-5-7-9-20)25-16-14-24(15-17-27-23(2,3)18-24)21-10-12-22(26-4)13-11-21/h5-13,19,25H,14-18H2,1-4H3/t19-,24?/m0/s1. The third-order valence-corrected chi connectivity index (χ3v) is 5.89. The van der Waals surface area contributed by atoms with E-state index in [0.29, 0.717) is 6.04 Å². The lowest BCUT2D eigenvalue weighted by Crippen LogP contribution is -2.45. The van der Waals surface area contributed by atoms with Gasteiger partial charge in [-0.25, -0.2) is 0 Å². The molecule has 0 aromatic heterocycles. The van der Waals surface area contributed by atoms with Gasteiger partial charge in [-0.05, 0) is 69.8 Å². The van der Waals surface area contributed by atoms with Crippen LogP contribution in [0.5, 0.6) is 5.75 Å². The summed E-state index contributed by atoms with van der Waals surface area (Å²) in [6, 6.07) is 19.6. The van der Waals surface area contributed by atoms with Crippen LogP contribution in [0.25, 0.3) is 0 Å². The Bertz CT molecular complexity index is 711. The summed E-state index contributed by atoms with van der Waals surface area (Å²) in [7, 11) is 1.72. The molecule has 1 aliphatic rings. The van der Waals surface area contributed by atoms with Crippen molar-refractivity contribution in [1.29, 1.82) is 0 Å². The minimum atomic E-state index is -0.0940. The number of rotatable bonds is 7. The van der Waals surface area contributed by atoms with Gasteiger partial charge in [-0.2, -0.15) is 0 Å². The summed E-state index contributed by atoms with van der Waals surface area (Å²) >= 11 is 0. The van der Waals surface area contributed by atoms with E-state index in [1.54, 1.807) is 7.11 Å². The summed E-state index contributed by atoms with van der Waals surface area (Å²) in [6.45, 7) is 8.46. The number of methoxy groups -OCH3 is 1. The molecule has 1 unspecified atom stereocenters. The highest BCUT2D eigenvalue weighted by Gasteiger charge is 2.41. The summed E-state index contributed by atoms with van der Waals surface area (Å²) in [5, 5.41) is 3.73. The topological polar surface area (TPSA) is 30.5 Å². The zero-order valence-electron chi connectivity index (χ0n) is 17.1. The molecule has 1 fully saturated rings. The zero-order chi connectivity index (χ0) is 19.3. The Hall–Kier alpha value is -1.84. The van der Waals surface area contributed by atoms with Crippen molar-refractivity contribution in [3.05, 3.63) is 65.7 Å². The van der Waals surface area contributed by atoms with Crippen molar-refractivity contribution in [3.8, 4) is 5.75 Å². The first kappa shape index (κ1) is 19.9. The maximum Gasteiger partial charge on any atom is 0.118 e. The molecule has 0 radical (unpaired) electrons. The molecule has 27 heavy (non-hydrogen) atoms. The molecule has 2 atom stereocenters. The second kappa shape index (κ2) is 8.45. The van der Waals surface area contributed by atoms with Gasteiger partial charge in [0, 0.05) is 18.1 Å². The Balaban J connectivity index is 1.74. The van der Waals surface area contributed by atoms with Gasteiger partial charge in [0.05, 0.1) is 12.7 Å². The summed E-state index contributed by atoms with van der Waals surface area (Å²) in [6.07, 6.45) is 3.20. The van der Waals surface area contributed by atoms with E-state index < -0.39 is 0 Å². The number of hydrogen-bond donors (Lipinski definition) is 1. The minimum Gasteiger partial charge on any atom is -0.497 e. The van der Waals surface area contributed by atoms with Crippen LogP contribution in [0.15, 0.2) is 54.6 Å². The molecule has 3 rings (SSSR count). The molecule has 0 bridgehead atoms. The van der Waals surface area contributed by atoms with Crippen LogP contribution in [0.1, 0.15) is 57.2 Å². The van der Waals surface area contributed by atoms with Gasteiger partial charge in [0.15, 0.2) is 0 Å². The average molecular weight is 368 g/mol. The molecule has 1 saturated heterocycles. The molecule has 3 heteroatoms. The largest absolute Gasteiger partial charge is 0.497 e. The lowest BCUT2D eigenvalue weighted by Gasteiger charge is -2.45. The van der Waals surface area contributed by atoms with E-state index in [0.717, 1.165) is 38.2 Å². The van der Waals surface area contributed by atoms with Gasteiger partial charge >= 0.3 is 0 Å². The van der Waals surface area contributed by atoms with Crippen molar-refractivity contribution in [2.24, 2.45) is 0 Å². The van der Waals surface area contributed by atoms with E-state index in [1.807, 2.05) is 0 Å². The van der Waals surface area contributed by atoms with Crippen LogP contribution in [0.4, 0.5) is 0 Å². The predicted octanol–water partition coefficient (Wildman–Crippen LogP) is 5.26. The molecular formula is C24H33NO2. The van der Waals surface area contributed by atoms with Crippen molar-refractivity contribution in [2.45, 2.75) is 57.1 Å². The van der Waals surface area contributed by atoms with E-state index in [-0.39, 0.29) is 11.0 Å². The lowest BCUT2D eigenvalue weighted by molar-refractivity contribution is -0.0840. The van der Waals surface area contributed by atoms with Crippen LogP contribution in [-0.2, 0) is 10.2 Å². The first-order valence-electron chi connectivity index (χ1n) is 10.0. The van der Waals surface area contributed by atoms with Gasteiger partial charge in [0.2, 0.25) is 0 Å². The van der Waals surface area contributed by atoms with E-state index in [9.17, 15) is 0 Å². The second-order valence-corrected chi connectivity index (χ2v) is 8.38. The molecule has 2 aromatic rings. The minimum absolute atomic E-state index is 0.0940. The van der Waals surface area contributed by atoms with Crippen molar-refractivity contribution < 1.29 is 9.47 Å². The third-order valence-electron chi connectivity index (χ3n) is 5.89. The molecule has 146 valence electrons. The fourth-order valence-corrected chi connectivity index (χ4v) is 4.41. The Morgan fingerprint density at radius 1 is 1.07 bits per heavy atom. The van der Waals surface area contributed by atoms with Crippen LogP contribution >= 0.6 is 0 Å². The Morgan fingerprint density at radius 2 is 1.78 bits per heavy atom.